The zero-order valence-corrected chi connectivity index (χ0v) is 14.4. The first-order valence-corrected chi connectivity index (χ1v) is 8.23. The van der Waals surface area contributed by atoms with Gasteiger partial charge in [0.05, 0.1) is 29.7 Å². The van der Waals surface area contributed by atoms with Crippen LogP contribution in [0.25, 0.3) is 12.2 Å². The molecule has 0 aliphatic carbocycles. The molecule has 6 nitrogen and oxygen atoms in total. The van der Waals surface area contributed by atoms with Crippen molar-refractivity contribution in [3.63, 3.8) is 0 Å². The fourth-order valence-corrected chi connectivity index (χ4v) is 2.82. The lowest BCUT2D eigenvalue weighted by Crippen LogP contribution is -1.96. The molecule has 1 aliphatic rings. The minimum Gasteiger partial charge on any atom is -0.497 e. The van der Waals surface area contributed by atoms with Gasteiger partial charge < -0.3 is 14.2 Å². The van der Waals surface area contributed by atoms with E-state index in [1.165, 1.54) is 12.1 Å². The molecule has 0 bridgehead atoms. The summed E-state index contributed by atoms with van der Waals surface area (Å²) in [6.07, 6.45) is 3.73. The maximum Gasteiger partial charge on any atom is 0.276 e. The first kappa shape index (κ1) is 16.7. The number of nitro groups is 1. The summed E-state index contributed by atoms with van der Waals surface area (Å²) in [4.78, 5) is 10.9. The van der Waals surface area contributed by atoms with Crippen molar-refractivity contribution in [2.75, 3.05) is 7.11 Å². The number of ether oxygens (including phenoxy) is 3. The summed E-state index contributed by atoms with van der Waals surface area (Å²) in [6, 6.07) is 17.3. The Hall–Kier alpha value is -3.80. The van der Waals surface area contributed by atoms with Crippen molar-refractivity contribution < 1.29 is 19.1 Å². The van der Waals surface area contributed by atoms with E-state index in [4.69, 9.17) is 14.2 Å². The van der Waals surface area contributed by atoms with Crippen molar-refractivity contribution in [3.8, 4) is 28.7 Å². The number of nitrogens with zero attached hydrogens (tertiary/aromatic N) is 1. The number of fused-ring (bicyclic) bond motifs is 2. The Labute approximate surface area is 155 Å². The summed E-state index contributed by atoms with van der Waals surface area (Å²) in [6.45, 7) is 0. The third-order valence-electron chi connectivity index (χ3n) is 4.14. The first-order chi connectivity index (χ1) is 13.1. The topological polar surface area (TPSA) is 70.8 Å². The average molecular weight is 361 g/mol. The van der Waals surface area contributed by atoms with Crippen LogP contribution in [0.1, 0.15) is 11.1 Å². The lowest BCUT2D eigenvalue weighted by atomic mass is 10.1. The Kier molecular flexibility index (Phi) is 4.22. The van der Waals surface area contributed by atoms with Crippen LogP contribution >= 0.6 is 0 Å². The van der Waals surface area contributed by atoms with Crippen LogP contribution in [-0.4, -0.2) is 12.0 Å². The highest BCUT2D eigenvalue weighted by Gasteiger charge is 2.21. The van der Waals surface area contributed by atoms with Gasteiger partial charge in [-0.1, -0.05) is 30.3 Å². The minimum absolute atomic E-state index is 0.112. The van der Waals surface area contributed by atoms with Gasteiger partial charge in [-0.15, -0.1) is 0 Å². The van der Waals surface area contributed by atoms with Crippen molar-refractivity contribution in [3.05, 3.63) is 81.9 Å². The maximum absolute atomic E-state index is 11.4. The van der Waals surface area contributed by atoms with Crippen molar-refractivity contribution in [1.82, 2.24) is 0 Å². The molecule has 6 heteroatoms. The number of hydrogen-bond donors (Lipinski definition) is 0. The molecule has 0 saturated carbocycles. The van der Waals surface area contributed by atoms with Crippen molar-refractivity contribution >= 4 is 17.8 Å². The van der Waals surface area contributed by atoms with E-state index in [0.29, 0.717) is 34.3 Å². The molecule has 1 aliphatic heterocycles. The molecule has 0 amide bonds. The second-order valence-electron chi connectivity index (χ2n) is 5.87. The van der Waals surface area contributed by atoms with E-state index in [2.05, 4.69) is 0 Å². The molecule has 0 saturated heterocycles. The van der Waals surface area contributed by atoms with Crippen LogP contribution in [0.5, 0.6) is 28.7 Å². The van der Waals surface area contributed by atoms with E-state index in [0.717, 1.165) is 5.56 Å². The number of benzene rings is 3. The Morgan fingerprint density at radius 1 is 0.926 bits per heavy atom. The summed E-state index contributed by atoms with van der Waals surface area (Å²) >= 11 is 0. The summed E-state index contributed by atoms with van der Waals surface area (Å²) in [5.41, 5.74) is 1.39. The van der Waals surface area contributed by atoms with Crippen LogP contribution < -0.4 is 14.2 Å². The molecule has 0 fully saturated rings. The molecule has 0 radical (unpaired) electrons. The predicted octanol–water partition coefficient (Wildman–Crippen LogP) is 5.67. The van der Waals surface area contributed by atoms with Gasteiger partial charge in [0.15, 0.2) is 0 Å². The van der Waals surface area contributed by atoms with Gasteiger partial charge in [0, 0.05) is 11.6 Å². The molecule has 0 N–H and O–H groups in total. The molecule has 0 aromatic heterocycles. The van der Waals surface area contributed by atoms with Crippen LogP contribution in [-0.2, 0) is 0 Å². The Morgan fingerprint density at radius 2 is 1.74 bits per heavy atom. The second-order valence-corrected chi connectivity index (χ2v) is 5.87. The van der Waals surface area contributed by atoms with Gasteiger partial charge >= 0.3 is 0 Å². The van der Waals surface area contributed by atoms with Crippen molar-refractivity contribution in [2.45, 2.75) is 0 Å². The van der Waals surface area contributed by atoms with E-state index in [1.54, 1.807) is 31.4 Å². The number of rotatable bonds is 4. The van der Waals surface area contributed by atoms with E-state index < -0.39 is 4.92 Å². The van der Waals surface area contributed by atoms with E-state index >= 15 is 0 Å². The smallest absolute Gasteiger partial charge is 0.276 e. The Morgan fingerprint density at radius 3 is 2.56 bits per heavy atom. The predicted molar refractivity (Wildman–Crippen MR) is 102 cm³/mol. The number of nitro benzene ring substituents is 1. The number of methoxy groups -OCH3 is 1. The lowest BCUT2D eigenvalue weighted by molar-refractivity contribution is -0.385. The summed E-state index contributed by atoms with van der Waals surface area (Å²) in [5, 5.41) is 11.4. The molecule has 3 aromatic carbocycles. The first-order valence-electron chi connectivity index (χ1n) is 8.23. The fraction of sp³-hybridized carbons (Fsp3) is 0.0476. The summed E-state index contributed by atoms with van der Waals surface area (Å²) < 4.78 is 17.1. The standard InChI is InChI=1S/C21H15NO5/c1-25-16-6-4-7-17(13-16)26-20-11-15(22(23)24)12-21-18(20)10-9-14-5-2-3-8-19(14)27-21/h2-13H,1H3. The normalized spacial score (nSPS) is 11.6. The third kappa shape index (κ3) is 3.32. The zero-order chi connectivity index (χ0) is 18.8. The average Bonchev–Trinajstić information content (AvgIpc) is 2.87. The van der Waals surface area contributed by atoms with Crippen LogP contribution in [0, 0.1) is 10.1 Å². The maximum atomic E-state index is 11.4. The van der Waals surface area contributed by atoms with Crippen LogP contribution in [0.15, 0.2) is 60.7 Å². The van der Waals surface area contributed by atoms with Crippen molar-refractivity contribution in [2.24, 2.45) is 0 Å². The summed E-state index contributed by atoms with van der Waals surface area (Å²) in [7, 11) is 1.56. The van der Waals surface area contributed by atoms with Crippen LogP contribution in [0.3, 0.4) is 0 Å². The molecule has 4 rings (SSSR count). The monoisotopic (exact) mass is 361 g/mol. The van der Waals surface area contributed by atoms with Crippen LogP contribution in [0.2, 0.25) is 0 Å². The SMILES string of the molecule is COc1cccc(Oc2cc([N+](=O)[O-])cc3c2C=Cc2ccccc2O3)c1. The highest BCUT2D eigenvalue weighted by atomic mass is 16.6. The van der Waals surface area contributed by atoms with Gasteiger partial charge in [-0.2, -0.15) is 0 Å². The molecular formula is C21H15NO5. The minimum atomic E-state index is -0.470. The molecule has 134 valence electrons. The zero-order valence-electron chi connectivity index (χ0n) is 14.4. The van der Waals surface area contributed by atoms with Gasteiger partial charge in [-0.25, -0.2) is 0 Å². The van der Waals surface area contributed by atoms with Gasteiger partial charge in [-0.05, 0) is 24.3 Å². The van der Waals surface area contributed by atoms with E-state index in [-0.39, 0.29) is 5.69 Å². The molecule has 0 unspecified atom stereocenters. The molecule has 27 heavy (non-hydrogen) atoms. The number of hydrogen-bond acceptors (Lipinski definition) is 5. The molecule has 1 heterocycles. The lowest BCUT2D eigenvalue weighted by Gasteiger charge is -2.13. The Balaban J connectivity index is 1.82. The number of non-ortho nitro benzene ring substituents is 1. The molecule has 3 aromatic rings. The fourth-order valence-electron chi connectivity index (χ4n) is 2.82. The second kappa shape index (κ2) is 6.84. The van der Waals surface area contributed by atoms with Crippen LogP contribution in [0.4, 0.5) is 5.69 Å². The highest BCUT2D eigenvalue weighted by Crippen LogP contribution is 2.42. The molecule has 0 spiro atoms. The highest BCUT2D eigenvalue weighted by molar-refractivity contribution is 5.81. The van der Waals surface area contributed by atoms with Gasteiger partial charge in [0.25, 0.3) is 5.69 Å². The van der Waals surface area contributed by atoms with Gasteiger partial charge in [0.1, 0.15) is 28.7 Å². The van der Waals surface area contributed by atoms with Gasteiger partial charge in [-0.3, -0.25) is 10.1 Å². The third-order valence-corrected chi connectivity index (χ3v) is 4.14. The quantitative estimate of drug-likeness (QED) is 0.346. The number of para-hydroxylation sites is 1. The van der Waals surface area contributed by atoms with Crippen molar-refractivity contribution in [1.29, 1.82) is 0 Å². The Bertz CT molecular complexity index is 1060. The summed E-state index contributed by atoms with van der Waals surface area (Å²) in [5.74, 6) is 2.45. The van der Waals surface area contributed by atoms with Gasteiger partial charge in [0.2, 0.25) is 0 Å². The van der Waals surface area contributed by atoms with E-state index in [1.807, 2.05) is 36.4 Å². The largest absolute Gasteiger partial charge is 0.497 e. The molecule has 0 atom stereocenters. The van der Waals surface area contributed by atoms with E-state index in [9.17, 15) is 10.1 Å². The molecular weight excluding hydrogens is 346 g/mol.